The molecule has 1 amide bonds. The van der Waals surface area contributed by atoms with E-state index in [0.717, 1.165) is 31.6 Å². The molecule has 0 aromatic heterocycles. The first-order valence-corrected chi connectivity index (χ1v) is 5.99. The van der Waals surface area contributed by atoms with Gasteiger partial charge in [0.2, 0.25) is 0 Å². The number of anilines is 1. The van der Waals surface area contributed by atoms with Gasteiger partial charge in [0, 0.05) is 12.2 Å². The third kappa shape index (κ3) is 3.46. The molecule has 1 aromatic rings. The van der Waals surface area contributed by atoms with Gasteiger partial charge in [-0.15, -0.1) is 0 Å². The van der Waals surface area contributed by atoms with Crippen LogP contribution in [0.1, 0.15) is 29.8 Å². The number of para-hydroxylation sites is 1. The van der Waals surface area contributed by atoms with Crippen LogP contribution in [0.2, 0.25) is 0 Å². The van der Waals surface area contributed by atoms with E-state index in [2.05, 4.69) is 18.7 Å². The molecule has 1 rings (SSSR count). The second-order valence-electron chi connectivity index (χ2n) is 4.02. The van der Waals surface area contributed by atoms with Gasteiger partial charge in [0.25, 0.3) is 5.91 Å². The molecule has 0 radical (unpaired) electrons. The molecule has 1 aromatic carbocycles. The Kier molecular flexibility index (Phi) is 4.97. The fourth-order valence-electron chi connectivity index (χ4n) is 1.86. The molecule has 0 atom stereocenters. The lowest BCUT2D eigenvalue weighted by Gasteiger charge is -2.18. The number of nitrogens with two attached hydrogens (primary N) is 2. The van der Waals surface area contributed by atoms with E-state index in [9.17, 15) is 4.79 Å². The minimum absolute atomic E-state index is 0.419. The van der Waals surface area contributed by atoms with Crippen LogP contribution in [0.25, 0.3) is 0 Å². The molecule has 0 aliphatic heterocycles. The molecular formula is C13H21N3O. The fraction of sp³-hybridized carbons (Fsp3) is 0.462. The Morgan fingerprint density at radius 3 is 2.47 bits per heavy atom. The average Bonchev–Trinajstić information content (AvgIpc) is 2.32. The highest BCUT2D eigenvalue weighted by atomic mass is 16.1. The molecule has 94 valence electrons. The Hall–Kier alpha value is -1.55. The van der Waals surface area contributed by atoms with Gasteiger partial charge in [0.05, 0.1) is 5.56 Å². The van der Waals surface area contributed by atoms with E-state index in [1.807, 2.05) is 12.1 Å². The molecule has 4 nitrogen and oxygen atoms in total. The number of hydrogen-bond acceptors (Lipinski definition) is 3. The van der Waals surface area contributed by atoms with Crippen LogP contribution in [0.4, 0.5) is 5.69 Å². The summed E-state index contributed by atoms with van der Waals surface area (Å²) in [6, 6.07) is 5.44. The lowest BCUT2D eigenvalue weighted by molar-refractivity contribution is 0.100. The number of benzene rings is 1. The maximum absolute atomic E-state index is 11.2. The standard InChI is InChI=1S/C13H21N3O/c1-3-16(4-2)9-8-10-6-5-7-11(12(10)14)13(15)17/h5-7H,3-4,8-9,14H2,1-2H3,(H2,15,17). The molecule has 17 heavy (non-hydrogen) atoms. The first kappa shape index (κ1) is 13.5. The van der Waals surface area contributed by atoms with Crippen molar-refractivity contribution in [1.29, 1.82) is 0 Å². The maximum Gasteiger partial charge on any atom is 0.250 e. The van der Waals surface area contributed by atoms with E-state index in [-0.39, 0.29) is 0 Å². The molecule has 0 aliphatic carbocycles. The first-order chi connectivity index (χ1) is 8.10. The van der Waals surface area contributed by atoms with Gasteiger partial charge in [-0.25, -0.2) is 0 Å². The number of carbonyl (C=O) groups is 1. The van der Waals surface area contributed by atoms with Gasteiger partial charge in [0.15, 0.2) is 0 Å². The van der Waals surface area contributed by atoms with Crippen LogP contribution < -0.4 is 11.5 Å². The average molecular weight is 235 g/mol. The van der Waals surface area contributed by atoms with E-state index in [1.54, 1.807) is 6.07 Å². The van der Waals surface area contributed by atoms with Crippen molar-refractivity contribution >= 4 is 11.6 Å². The number of amides is 1. The molecule has 0 saturated carbocycles. The van der Waals surface area contributed by atoms with E-state index in [1.165, 1.54) is 0 Å². The summed E-state index contributed by atoms with van der Waals surface area (Å²) in [5, 5.41) is 0. The van der Waals surface area contributed by atoms with Crippen LogP contribution >= 0.6 is 0 Å². The third-order valence-corrected chi connectivity index (χ3v) is 3.05. The van der Waals surface area contributed by atoms with Gasteiger partial charge in [-0.2, -0.15) is 0 Å². The Balaban J connectivity index is 2.78. The number of nitrogen functional groups attached to an aromatic ring is 1. The maximum atomic E-state index is 11.2. The number of rotatable bonds is 6. The monoisotopic (exact) mass is 235 g/mol. The van der Waals surface area contributed by atoms with Crippen molar-refractivity contribution in [2.45, 2.75) is 20.3 Å². The van der Waals surface area contributed by atoms with Gasteiger partial charge < -0.3 is 16.4 Å². The Morgan fingerprint density at radius 2 is 1.94 bits per heavy atom. The summed E-state index contributed by atoms with van der Waals surface area (Å²) in [6.07, 6.45) is 0.842. The molecule has 0 heterocycles. The number of hydrogen-bond donors (Lipinski definition) is 2. The zero-order chi connectivity index (χ0) is 12.8. The summed E-state index contributed by atoms with van der Waals surface area (Å²) < 4.78 is 0. The predicted octanol–water partition coefficient (Wildman–Crippen LogP) is 1.25. The van der Waals surface area contributed by atoms with Crippen molar-refractivity contribution in [2.24, 2.45) is 5.73 Å². The summed E-state index contributed by atoms with van der Waals surface area (Å²) >= 11 is 0. The van der Waals surface area contributed by atoms with Crippen LogP contribution in [0.5, 0.6) is 0 Å². The lowest BCUT2D eigenvalue weighted by atomic mass is 10.0. The summed E-state index contributed by atoms with van der Waals surface area (Å²) in [5.74, 6) is -0.466. The van der Waals surface area contributed by atoms with E-state index >= 15 is 0 Å². The fourth-order valence-corrected chi connectivity index (χ4v) is 1.86. The van der Waals surface area contributed by atoms with E-state index in [0.29, 0.717) is 11.3 Å². The summed E-state index contributed by atoms with van der Waals surface area (Å²) in [6.45, 7) is 7.25. The molecule has 0 saturated heterocycles. The number of primary amides is 1. The normalized spacial score (nSPS) is 10.8. The molecule has 0 fully saturated rings. The molecular weight excluding hydrogens is 214 g/mol. The second-order valence-corrected chi connectivity index (χ2v) is 4.02. The Labute approximate surface area is 103 Å². The van der Waals surface area contributed by atoms with Gasteiger partial charge in [-0.05, 0) is 31.1 Å². The second kappa shape index (κ2) is 6.25. The SMILES string of the molecule is CCN(CC)CCc1cccc(C(N)=O)c1N. The Morgan fingerprint density at radius 1 is 1.29 bits per heavy atom. The Bertz CT molecular complexity index is 386. The molecule has 0 spiro atoms. The molecule has 4 heteroatoms. The molecule has 0 aliphatic rings. The van der Waals surface area contributed by atoms with E-state index < -0.39 is 5.91 Å². The summed E-state index contributed by atoms with van der Waals surface area (Å²) in [7, 11) is 0. The zero-order valence-electron chi connectivity index (χ0n) is 10.6. The van der Waals surface area contributed by atoms with Crippen molar-refractivity contribution in [3.63, 3.8) is 0 Å². The summed E-state index contributed by atoms with van der Waals surface area (Å²) in [5.41, 5.74) is 13.1. The zero-order valence-corrected chi connectivity index (χ0v) is 10.6. The molecule has 0 unspecified atom stereocenters. The smallest absolute Gasteiger partial charge is 0.250 e. The highest BCUT2D eigenvalue weighted by Gasteiger charge is 2.09. The third-order valence-electron chi connectivity index (χ3n) is 3.05. The van der Waals surface area contributed by atoms with Crippen LogP contribution in [0, 0.1) is 0 Å². The highest BCUT2D eigenvalue weighted by Crippen LogP contribution is 2.17. The topological polar surface area (TPSA) is 72.3 Å². The van der Waals surface area contributed by atoms with Gasteiger partial charge in [0.1, 0.15) is 0 Å². The minimum atomic E-state index is -0.466. The van der Waals surface area contributed by atoms with Crippen LogP contribution in [-0.2, 0) is 6.42 Å². The predicted molar refractivity (Wildman–Crippen MR) is 70.9 cm³/mol. The van der Waals surface area contributed by atoms with Crippen molar-refractivity contribution in [1.82, 2.24) is 4.90 Å². The van der Waals surface area contributed by atoms with E-state index in [4.69, 9.17) is 11.5 Å². The van der Waals surface area contributed by atoms with Crippen LogP contribution in [0.3, 0.4) is 0 Å². The highest BCUT2D eigenvalue weighted by molar-refractivity contribution is 5.98. The van der Waals surface area contributed by atoms with Crippen molar-refractivity contribution in [2.75, 3.05) is 25.4 Å². The largest absolute Gasteiger partial charge is 0.398 e. The lowest BCUT2D eigenvalue weighted by Crippen LogP contribution is -2.25. The quantitative estimate of drug-likeness (QED) is 0.729. The minimum Gasteiger partial charge on any atom is -0.398 e. The van der Waals surface area contributed by atoms with Gasteiger partial charge in [-0.3, -0.25) is 4.79 Å². The first-order valence-electron chi connectivity index (χ1n) is 5.99. The number of carbonyl (C=O) groups excluding carboxylic acids is 1. The van der Waals surface area contributed by atoms with Crippen LogP contribution in [0.15, 0.2) is 18.2 Å². The molecule has 0 bridgehead atoms. The van der Waals surface area contributed by atoms with Crippen molar-refractivity contribution in [3.8, 4) is 0 Å². The van der Waals surface area contributed by atoms with Crippen molar-refractivity contribution in [3.05, 3.63) is 29.3 Å². The number of likely N-dealkylation sites (N-methyl/N-ethyl adjacent to an activating group) is 1. The number of nitrogens with zero attached hydrogens (tertiary/aromatic N) is 1. The summed E-state index contributed by atoms with van der Waals surface area (Å²) in [4.78, 5) is 13.5. The van der Waals surface area contributed by atoms with Crippen LogP contribution in [-0.4, -0.2) is 30.4 Å². The molecule has 4 N–H and O–H groups in total. The van der Waals surface area contributed by atoms with Gasteiger partial charge >= 0.3 is 0 Å². The van der Waals surface area contributed by atoms with Crippen molar-refractivity contribution < 1.29 is 4.79 Å². The van der Waals surface area contributed by atoms with Gasteiger partial charge in [-0.1, -0.05) is 26.0 Å².